The van der Waals surface area contributed by atoms with Crippen LogP contribution in [-0.2, 0) is 16.0 Å². The van der Waals surface area contributed by atoms with Crippen LogP contribution in [0.2, 0.25) is 0 Å². The summed E-state index contributed by atoms with van der Waals surface area (Å²) >= 11 is 0. The first-order valence-corrected chi connectivity index (χ1v) is 8.93. The number of fused-ring (bicyclic) bond motifs is 1. The van der Waals surface area contributed by atoms with Crippen molar-refractivity contribution in [1.82, 2.24) is 5.32 Å². The third kappa shape index (κ3) is 3.61. The molecule has 1 fully saturated rings. The minimum atomic E-state index is -0.0723. The van der Waals surface area contributed by atoms with E-state index in [4.69, 9.17) is 5.73 Å². The summed E-state index contributed by atoms with van der Waals surface area (Å²) < 4.78 is 0. The molecule has 2 amide bonds. The van der Waals surface area contributed by atoms with Crippen molar-refractivity contribution in [2.45, 2.75) is 57.9 Å². The molecule has 1 aromatic carbocycles. The van der Waals surface area contributed by atoms with Crippen LogP contribution >= 0.6 is 0 Å². The number of benzene rings is 1. The van der Waals surface area contributed by atoms with Gasteiger partial charge < -0.3 is 16.4 Å². The Balaban J connectivity index is 1.62. The third-order valence-corrected chi connectivity index (χ3v) is 5.51. The van der Waals surface area contributed by atoms with Gasteiger partial charge in [-0.15, -0.1) is 0 Å². The minimum Gasteiger partial charge on any atom is -0.350 e. The molecule has 0 saturated heterocycles. The van der Waals surface area contributed by atoms with Gasteiger partial charge in [-0.3, -0.25) is 9.59 Å². The predicted molar refractivity (Wildman–Crippen MR) is 94.5 cm³/mol. The van der Waals surface area contributed by atoms with Gasteiger partial charge in [0.15, 0.2) is 0 Å². The number of hydrogen-bond acceptors (Lipinski definition) is 3. The van der Waals surface area contributed by atoms with Crippen molar-refractivity contribution in [3.05, 3.63) is 29.3 Å². The molecule has 5 nitrogen and oxygen atoms in total. The molecule has 130 valence electrons. The lowest BCUT2D eigenvalue weighted by Gasteiger charge is -2.36. The van der Waals surface area contributed by atoms with E-state index in [0.717, 1.165) is 29.7 Å². The van der Waals surface area contributed by atoms with Crippen molar-refractivity contribution in [2.75, 3.05) is 11.9 Å². The topological polar surface area (TPSA) is 84.2 Å². The highest BCUT2D eigenvalue weighted by molar-refractivity contribution is 5.99. The Bertz CT molecular complexity index is 635. The van der Waals surface area contributed by atoms with Crippen molar-refractivity contribution in [2.24, 2.45) is 11.1 Å². The Hall–Kier alpha value is -1.88. The average molecular weight is 329 g/mol. The molecule has 0 bridgehead atoms. The van der Waals surface area contributed by atoms with Crippen LogP contribution in [-0.4, -0.2) is 18.4 Å². The summed E-state index contributed by atoms with van der Waals surface area (Å²) in [7, 11) is 0. The monoisotopic (exact) mass is 329 g/mol. The highest BCUT2D eigenvalue weighted by Gasteiger charge is 2.33. The molecule has 1 heterocycles. The van der Waals surface area contributed by atoms with Gasteiger partial charge >= 0.3 is 0 Å². The molecule has 3 rings (SSSR count). The molecule has 2 aliphatic rings. The van der Waals surface area contributed by atoms with E-state index >= 15 is 0 Å². The van der Waals surface area contributed by atoms with Crippen molar-refractivity contribution >= 4 is 17.5 Å². The van der Waals surface area contributed by atoms with E-state index in [1.54, 1.807) is 0 Å². The number of rotatable bonds is 5. The zero-order chi connectivity index (χ0) is 17.2. The maximum atomic E-state index is 12.5. The van der Waals surface area contributed by atoms with E-state index in [1.807, 2.05) is 25.1 Å². The molecule has 5 heteroatoms. The highest BCUT2D eigenvalue weighted by Crippen LogP contribution is 2.38. The van der Waals surface area contributed by atoms with Gasteiger partial charge in [-0.2, -0.15) is 0 Å². The van der Waals surface area contributed by atoms with Crippen molar-refractivity contribution in [3.8, 4) is 0 Å². The number of carbonyl (C=O) groups is 2. The number of carbonyl (C=O) groups excluding carboxylic acids is 2. The van der Waals surface area contributed by atoms with E-state index in [9.17, 15) is 9.59 Å². The van der Waals surface area contributed by atoms with Gasteiger partial charge in [0.1, 0.15) is 0 Å². The fourth-order valence-electron chi connectivity index (χ4n) is 3.99. The average Bonchev–Trinajstić information content (AvgIpc) is 2.94. The Morgan fingerprint density at radius 2 is 2.08 bits per heavy atom. The molecular weight excluding hydrogens is 302 g/mol. The van der Waals surface area contributed by atoms with E-state index in [0.29, 0.717) is 19.4 Å². The lowest BCUT2D eigenvalue weighted by Crippen LogP contribution is -2.39. The second-order valence-electron chi connectivity index (χ2n) is 7.37. The van der Waals surface area contributed by atoms with Crippen molar-refractivity contribution < 1.29 is 9.59 Å². The molecule has 0 radical (unpaired) electrons. The largest absolute Gasteiger partial charge is 0.350 e. The molecule has 24 heavy (non-hydrogen) atoms. The fraction of sp³-hybridized carbons (Fsp3) is 0.579. The van der Waals surface area contributed by atoms with Crippen molar-refractivity contribution in [3.63, 3.8) is 0 Å². The number of hydrogen-bond donors (Lipinski definition) is 3. The molecule has 1 saturated carbocycles. The Kier molecular flexibility index (Phi) is 4.90. The SMILES string of the molecule is CC(NC(=O)CC1(CN)CCCCC1)c1ccc2c(c1)CC(=O)N2. The Morgan fingerprint density at radius 1 is 1.33 bits per heavy atom. The van der Waals surface area contributed by atoms with Crippen LogP contribution in [0.15, 0.2) is 18.2 Å². The summed E-state index contributed by atoms with van der Waals surface area (Å²) in [5.41, 5.74) is 8.88. The minimum absolute atomic E-state index is 0.0175. The highest BCUT2D eigenvalue weighted by atomic mass is 16.2. The summed E-state index contributed by atoms with van der Waals surface area (Å²) in [6.07, 6.45) is 6.63. The van der Waals surface area contributed by atoms with E-state index < -0.39 is 0 Å². The van der Waals surface area contributed by atoms with Crippen LogP contribution in [0.25, 0.3) is 0 Å². The molecule has 0 aromatic heterocycles. The Morgan fingerprint density at radius 3 is 2.79 bits per heavy atom. The summed E-state index contributed by atoms with van der Waals surface area (Å²) in [4.78, 5) is 24.0. The second-order valence-corrected chi connectivity index (χ2v) is 7.37. The lowest BCUT2D eigenvalue weighted by atomic mass is 9.71. The van der Waals surface area contributed by atoms with Gasteiger partial charge in [0, 0.05) is 12.1 Å². The summed E-state index contributed by atoms with van der Waals surface area (Å²) in [5, 5.41) is 5.94. The van der Waals surface area contributed by atoms with Crippen LogP contribution < -0.4 is 16.4 Å². The molecule has 1 aliphatic heterocycles. The molecule has 1 aliphatic carbocycles. The number of amides is 2. The standard InChI is InChI=1S/C19H27N3O2/c1-13(14-5-6-16-15(9-14)10-17(23)22-16)21-18(24)11-19(12-20)7-3-2-4-8-19/h5-6,9,13H,2-4,7-8,10-12,20H2,1H3,(H,21,24)(H,22,23). The molecular formula is C19H27N3O2. The summed E-state index contributed by atoms with van der Waals surface area (Å²) in [6, 6.07) is 5.82. The maximum absolute atomic E-state index is 12.5. The number of anilines is 1. The van der Waals surface area contributed by atoms with Gasteiger partial charge in [0.05, 0.1) is 12.5 Å². The maximum Gasteiger partial charge on any atom is 0.228 e. The third-order valence-electron chi connectivity index (χ3n) is 5.51. The second kappa shape index (κ2) is 6.93. The van der Waals surface area contributed by atoms with Gasteiger partial charge in [-0.25, -0.2) is 0 Å². The van der Waals surface area contributed by atoms with E-state index in [1.165, 1.54) is 19.3 Å². The zero-order valence-corrected chi connectivity index (χ0v) is 14.4. The Labute approximate surface area is 143 Å². The van der Waals surface area contributed by atoms with Gasteiger partial charge in [0.2, 0.25) is 11.8 Å². The molecule has 1 atom stereocenters. The first-order chi connectivity index (χ1) is 11.5. The summed E-state index contributed by atoms with van der Waals surface area (Å²) in [5.74, 6) is 0.102. The molecule has 4 N–H and O–H groups in total. The van der Waals surface area contributed by atoms with E-state index in [2.05, 4.69) is 10.6 Å². The zero-order valence-electron chi connectivity index (χ0n) is 14.4. The van der Waals surface area contributed by atoms with Gasteiger partial charge in [-0.1, -0.05) is 31.4 Å². The fourth-order valence-corrected chi connectivity index (χ4v) is 3.99. The predicted octanol–water partition coefficient (Wildman–Crippen LogP) is 2.66. The van der Waals surface area contributed by atoms with Crippen molar-refractivity contribution in [1.29, 1.82) is 0 Å². The summed E-state index contributed by atoms with van der Waals surface area (Å²) in [6.45, 7) is 2.57. The van der Waals surface area contributed by atoms with Crippen LogP contribution in [0, 0.1) is 5.41 Å². The van der Waals surface area contributed by atoms with Gasteiger partial charge in [-0.05, 0) is 48.9 Å². The molecule has 0 spiro atoms. The van der Waals surface area contributed by atoms with Crippen LogP contribution in [0.5, 0.6) is 0 Å². The molecule has 1 aromatic rings. The van der Waals surface area contributed by atoms with Crippen LogP contribution in [0.4, 0.5) is 5.69 Å². The first kappa shape index (κ1) is 17.0. The number of nitrogens with one attached hydrogen (secondary N) is 2. The normalized spacial score (nSPS) is 20.2. The van der Waals surface area contributed by atoms with Crippen LogP contribution in [0.1, 0.15) is 62.6 Å². The lowest BCUT2D eigenvalue weighted by molar-refractivity contribution is -0.124. The number of nitrogens with two attached hydrogens (primary N) is 1. The van der Waals surface area contributed by atoms with Crippen LogP contribution in [0.3, 0.4) is 0 Å². The quantitative estimate of drug-likeness (QED) is 0.776. The smallest absolute Gasteiger partial charge is 0.228 e. The first-order valence-electron chi connectivity index (χ1n) is 8.93. The van der Waals surface area contributed by atoms with Gasteiger partial charge in [0.25, 0.3) is 0 Å². The molecule has 1 unspecified atom stereocenters. The van der Waals surface area contributed by atoms with E-state index in [-0.39, 0.29) is 23.3 Å².